The molecule has 0 radical (unpaired) electrons. The number of rotatable bonds is 7. The fourth-order valence-electron chi connectivity index (χ4n) is 2.46. The smallest absolute Gasteiger partial charge is 0.191 e. The highest BCUT2D eigenvalue weighted by Crippen LogP contribution is 2.15. The van der Waals surface area contributed by atoms with Gasteiger partial charge in [-0.15, -0.1) is 24.0 Å². The Bertz CT molecular complexity index is 675. The summed E-state index contributed by atoms with van der Waals surface area (Å²) in [6.45, 7) is 13.1. The molecule has 0 aliphatic heterocycles. The second-order valence-electron chi connectivity index (χ2n) is 7.36. The number of aryl methyl sites for hydroxylation is 2. The first-order valence-corrected chi connectivity index (χ1v) is 10.5. The van der Waals surface area contributed by atoms with Crippen molar-refractivity contribution < 1.29 is 8.42 Å². The molecule has 0 fully saturated rings. The number of nitrogens with zero attached hydrogens (tertiary/aromatic N) is 1. The van der Waals surface area contributed by atoms with Crippen LogP contribution in [0, 0.1) is 13.8 Å². The van der Waals surface area contributed by atoms with Crippen molar-refractivity contribution in [2.45, 2.75) is 52.7 Å². The highest BCUT2D eigenvalue weighted by molar-refractivity contribution is 14.0. The monoisotopic (exact) mass is 495 g/mol. The van der Waals surface area contributed by atoms with Gasteiger partial charge in [-0.05, 0) is 53.5 Å². The topological polar surface area (TPSA) is 70.6 Å². The van der Waals surface area contributed by atoms with Gasteiger partial charge in [-0.3, -0.25) is 4.99 Å². The maximum atomic E-state index is 12.1. The number of guanidine groups is 1. The van der Waals surface area contributed by atoms with Crippen LogP contribution >= 0.6 is 24.0 Å². The summed E-state index contributed by atoms with van der Waals surface area (Å²) in [6.07, 6.45) is 0.896. The van der Waals surface area contributed by atoms with Crippen molar-refractivity contribution in [1.29, 1.82) is 0 Å². The van der Waals surface area contributed by atoms with Gasteiger partial charge < -0.3 is 10.6 Å². The van der Waals surface area contributed by atoms with Crippen LogP contribution in [0.25, 0.3) is 0 Å². The second kappa shape index (κ2) is 11.1. The molecule has 0 atom stereocenters. The molecule has 0 bridgehead atoms. The average molecular weight is 495 g/mol. The highest BCUT2D eigenvalue weighted by Gasteiger charge is 2.28. The predicted octanol–water partition coefficient (Wildman–Crippen LogP) is 3.23. The molecule has 0 saturated heterocycles. The zero-order chi connectivity index (χ0) is 19.1. The van der Waals surface area contributed by atoms with Crippen molar-refractivity contribution in [2.75, 3.05) is 25.4 Å². The molecule has 0 amide bonds. The van der Waals surface area contributed by atoms with Crippen molar-refractivity contribution >= 4 is 39.8 Å². The van der Waals surface area contributed by atoms with Crippen LogP contribution < -0.4 is 10.6 Å². The largest absolute Gasteiger partial charge is 0.357 e. The summed E-state index contributed by atoms with van der Waals surface area (Å²) in [6, 6.07) is 6.54. The lowest BCUT2D eigenvalue weighted by atomic mass is 10.1. The molecule has 1 aromatic rings. The molecule has 0 saturated carbocycles. The van der Waals surface area contributed by atoms with Crippen LogP contribution in [0.15, 0.2) is 23.2 Å². The predicted molar refractivity (Wildman–Crippen MR) is 123 cm³/mol. The van der Waals surface area contributed by atoms with Gasteiger partial charge in [0.15, 0.2) is 15.8 Å². The quantitative estimate of drug-likeness (QED) is 0.346. The molecule has 0 unspecified atom stereocenters. The zero-order valence-corrected chi connectivity index (χ0v) is 20.0. The third-order valence-corrected chi connectivity index (χ3v) is 6.48. The summed E-state index contributed by atoms with van der Waals surface area (Å²) >= 11 is 0. The van der Waals surface area contributed by atoms with Gasteiger partial charge in [0.05, 0.1) is 17.0 Å². The van der Waals surface area contributed by atoms with Crippen LogP contribution in [0.3, 0.4) is 0 Å². The number of hydrogen-bond donors (Lipinski definition) is 2. The molecule has 0 aliphatic carbocycles. The van der Waals surface area contributed by atoms with E-state index in [9.17, 15) is 8.42 Å². The first kappa shape index (κ1) is 25.2. The van der Waals surface area contributed by atoms with Gasteiger partial charge in [-0.25, -0.2) is 8.42 Å². The number of benzene rings is 1. The lowest BCUT2D eigenvalue weighted by molar-refractivity contribution is 0.560. The fourth-order valence-corrected chi connectivity index (χ4v) is 3.41. The standard InChI is InChI=1S/C19H33N3O2S.HI/c1-7-20-18(22-10-11-25(23,24)19(4,5)6)21-9-8-17-13-15(2)12-16(3)14-17;/h12-14H,7-11H2,1-6H3,(H2,20,21,22);1H. The van der Waals surface area contributed by atoms with Gasteiger partial charge in [0.1, 0.15) is 0 Å². The van der Waals surface area contributed by atoms with Crippen molar-refractivity contribution in [3.63, 3.8) is 0 Å². The van der Waals surface area contributed by atoms with Crippen LogP contribution in [0.1, 0.15) is 44.4 Å². The summed E-state index contributed by atoms with van der Waals surface area (Å²) in [5.41, 5.74) is 3.82. The van der Waals surface area contributed by atoms with E-state index in [2.05, 4.69) is 47.7 Å². The molecule has 0 aromatic heterocycles. The van der Waals surface area contributed by atoms with Gasteiger partial charge in [-0.2, -0.15) is 0 Å². The molecule has 2 N–H and O–H groups in total. The molecule has 1 aromatic carbocycles. The summed E-state index contributed by atoms with van der Waals surface area (Å²) in [5, 5.41) is 6.44. The van der Waals surface area contributed by atoms with Gasteiger partial charge in [0.25, 0.3) is 0 Å². The number of aliphatic imine (C=N–C) groups is 1. The molecular formula is C19H34IN3O2S. The van der Waals surface area contributed by atoms with E-state index in [4.69, 9.17) is 0 Å². The minimum absolute atomic E-state index is 0. The van der Waals surface area contributed by atoms with Crippen molar-refractivity contribution in [3.05, 3.63) is 34.9 Å². The maximum Gasteiger partial charge on any atom is 0.191 e. The van der Waals surface area contributed by atoms with E-state index in [0.29, 0.717) is 5.96 Å². The summed E-state index contributed by atoms with van der Waals surface area (Å²) in [5.74, 6) is 0.723. The highest BCUT2D eigenvalue weighted by atomic mass is 127. The minimum Gasteiger partial charge on any atom is -0.357 e. The molecule has 7 heteroatoms. The third-order valence-electron chi connectivity index (χ3n) is 3.89. The molecule has 150 valence electrons. The van der Waals surface area contributed by atoms with Crippen molar-refractivity contribution in [3.8, 4) is 0 Å². The average Bonchev–Trinajstić information content (AvgIpc) is 2.44. The normalized spacial score (nSPS) is 12.5. The van der Waals surface area contributed by atoms with E-state index in [-0.39, 0.29) is 36.3 Å². The maximum absolute atomic E-state index is 12.1. The summed E-state index contributed by atoms with van der Waals surface area (Å²) in [7, 11) is -3.14. The Hall–Kier alpha value is -0.830. The number of sulfone groups is 1. The van der Waals surface area contributed by atoms with E-state index in [0.717, 1.165) is 19.5 Å². The minimum atomic E-state index is -3.14. The number of halogens is 1. The fraction of sp³-hybridized carbons (Fsp3) is 0.632. The van der Waals surface area contributed by atoms with Crippen LogP contribution in [0.5, 0.6) is 0 Å². The first-order valence-electron chi connectivity index (χ1n) is 8.87. The number of hydrogen-bond acceptors (Lipinski definition) is 3. The van der Waals surface area contributed by atoms with E-state index < -0.39 is 14.6 Å². The lowest BCUT2D eigenvalue weighted by Gasteiger charge is -2.18. The van der Waals surface area contributed by atoms with Crippen LogP contribution in [0.2, 0.25) is 0 Å². The molecule has 5 nitrogen and oxygen atoms in total. The Kier molecular flexibility index (Phi) is 10.8. The first-order chi connectivity index (χ1) is 11.5. The van der Waals surface area contributed by atoms with Crippen LogP contribution in [-0.4, -0.2) is 44.5 Å². The lowest BCUT2D eigenvalue weighted by Crippen LogP contribution is -2.39. The van der Waals surface area contributed by atoms with Crippen molar-refractivity contribution in [1.82, 2.24) is 10.6 Å². The third kappa shape index (κ3) is 8.70. The van der Waals surface area contributed by atoms with E-state index in [1.54, 1.807) is 20.8 Å². The summed E-state index contributed by atoms with van der Waals surface area (Å²) < 4.78 is 23.5. The second-order valence-corrected chi connectivity index (χ2v) is 10.2. The summed E-state index contributed by atoms with van der Waals surface area (Å²) in [4.78, 5) is 4.39. The van der Waals surface area contributed by atoms with Gasteiger partial charge in [0, 0.05) is 13.1 Å². The van der Waals surface area contributed by atoms with Crippen molar-refractivity contribution in [2.24, 2.45) is 4.99 Å². The molecule has 26 heavy (non-hydrogen) atoms. The SMILES string of the molecule is CCNC(=NCCS(=O)(=O)C(C)(C)C)NCCc1cc(C)cc(C)c1.I. The molecular weight excluding hydrogens is 461 g/mol. The Morgan fingerprint density at radius 3 is 2.15 bits per heavy atom. The Morgan fingerprint density at radius 2 is 1.65 bits per heavy atom. The Labute approximate surface area is 176 Å². The van der Waals surface area contributed by atoms with E-state index >= 15 is 0 Å². The molecule has 0 aliphatic rings. The molecule has 1 rings (SSSR count). The van der Waals surface area contributed by atoms with Gasteiger partial charge >= 0.3 is 0 Å². The van der Waals surface area contributed by atoms with Crippen LogP contribution in [-0.2, 0) is 16.3 Å². The molecule has 0 heterocycles. The number of nitrogens with one attached hydrogen (secondary N) is 2. The Balaban J connectivity index is 0.00000625. The van der Waals surface area contributed by atoms with E-state index in [1.165, 1.54) is 16.7 Å². The molecule has 0 spiro atoms. The Morgan fingerprint density at radius 1 is 1.08 bits per heavy atom. The van der Waals surface area contributed by atoms with Crippen LogP contribution in [0.4, 0.5) is 0 Å². The van der Waals surface area contributed by atoms with Gasteiger partial charge in [-0.1, -0.05) is 29.3 Å². The van der Waals surface area contributed by atoms with Gasteiger partial charge in [0.2, 0.25) is 0 Å². The zero-order valence-electron chi connectivity index (χ0n) is 16.8. The van der Waals surface area contributed by atoms with E-state index in [1.807, 2.05) is 6.92 Å².